The first-order chi connectivity index (χ1) is 13.3. The summed E-state index contributed by atoms with van der Waals surface area (Å²) < 4.78 is 0. The standard InChI is InChI=1S/C18H23Cl2N5O3/c1-11(21-2)16(26)24-7-5-23(6-8-24)13-4-3-12(9-22-13)10-25-17(27)14(19)15(20)18(25)28/h3-4,9,11,17,21,27H,5-8,10H2,1-2H3/t11-,17?/m0/s1. The van der Waals surface area contributed by atoms with Gasteiger partial charge in [-0.25, -0.2) is 4.98 Å². The van der Waals surface area contributed by atoms with Crippen LogP contribution in [0.15, 0.2) is 28.4 Å². The summed E-state index contributed by atoms with van der Waals surface area (Å²) in [5.74, 6) is 0.407. The molecule has 3 rings (SSSR count). The number of nitrogens with zero attached hydrogens (tertiary/aromatic N) is 4. The van der Waals surface area contributed by atoms with Crippen molar-refractivity contribution in [3.05, 3.63) is 34.0 Å². The number of rotatable bonds is 5. The Hall–Kier alpha value is -1.87. The molecule has 2 amide bonds. The molecule has 2 N–H and O–H groups in total. The molecule has 1 unspecified atom stereocenters. The predicted molar refractivity (Wildman–Crippen MR) is 107 cm³/mol. The lowest BCUT2D eigenvalue weighted by atomic mass is 10.2. The molecule has 1 aromatic rings. The second-order valence-corrected chi connectivity index (χ2v) is 7.60. The van der Waals surface area contributed by atoms with E-state index >= 15 is 0 Å². The van der Waals surface area contributed by atoms with E-state index < -0.39 is 12.1 Å². The highest BCUT2D eigenvalue weighted by molar-refractivity contribution is 6.49. The number of nitrogens with one attached hydrogen (secondary N) is 1. The van der Waals surface area contributed by atoms with Crippen molar-refractivity contribution in [1.82, 2.24) is 20.1 Å². The molecule has 1 aromatic heterocycles. The number of hydrogen-bond donors (Lipinski definition) is 2. The van der Waals surface area contributed by atoms with Crippen molar-refractivity contribution in [3.63, 3.8) is 0 Å². The predicted octanol–water partition coefficient (Wildman–Crippen LogP) is 0.688. The maximum Gasteiger partial charge on any atom is 0.269 e. The van der Waals surface area contributed by atoms with Crippen molar-refractivity contribution >= 4 is 40.8 Å². The number of anilines is 1. The Bertz CT molecular complexity index is 778. The summed E-state index contributed by atoms with van der Waals surface area (Å²) in [7, 11) is 1.77. The average molecular weight is 428 g/mol. The molecule has 152 valence electrons. The van der Waals surface area contributed by atoms with Gasteiger partial charge in [0.15, 0.2) is 6.23 Å². The zero-order valence-corrected chi connectivity index (χ0v) is 17.2. The highest BCUT2D eigenvalue weighted by Crippen LogP contribution is 2.31. The molecule has 2 atom stereocenters. The summed E-state index contributed by atoms with van der Waals surface area (Å²) in [5, 5.41) is 12.8. The molecule has 2 aliphatic heterocycles. The molecule has 0 spiro atoms. The fraction of sp³-hybridized carbons (Fsp3) is 0.500. The minimum Gasteiger partial charge on any atom is -0.368 e. The van der Waals surface area contributed by atoms with Crippen LogP contribution in [0.1, 0.15) is 12.5 Å². The molecule has 1 fully saturated rings. The van der Waals surface area contributed by atoms with Gasteiger partial charge in [-0.3, -0.25) is 9.59 Å². The second kappa shape index (κ2) is 8.65. The van der Waals surface area contributed by atoms with Gasteiger partial charge in [0.2, 0.25) is 5.91 Å². The van der Waals surface area contributed by atoms with Gasteiger partial charge in [0.1, 0.15) is 10.9 Å². The van der Waals surface area contributed by atoms with E-state index in [0.717, 1.165) is 11.4 Å². The third-order valence-electron chi connectivity index (χ3n) is 5.06. The molecule has 0 radical (unpaired) electrons. The summed E-state index contributed by atoms with van der Waals surface area (Å²) >= 11 is 11.6. The summed E-state index contributed by atoms with van der Waals surface area (Å²) in [6.07, 6.45) is 0.433. The quantitative estimate of drug-likeness (QED) is 0.718. The van der Waals surface area contributed by atoms with Crippen LogP contribution in [0.5, 0.6) is 0 Å². The van der Waals surface area contributed by atoms with Crippen LogP contribution in [0.4, 0.5) is 5.82 Å². The minimum absolute atomic E-state index is 0.0590. The Morgan fingerprint density at radius 2 is 2.00 bits per heavy atom. The van der Waals surface area contributed by atoms with Crippen LogP contribution < -0.4 is 10.2 Å². The van der Waals surface area contributed by atoms with Crippen LogP contribution in [-0.4, -0.2) is 77.2 Å². The topological polar surface area (TPSA) is 89.0 Å². The monoisotopic (exact) mass is 427 g/mol. The lowest BCUT2D eigenvalue weighted by Gasteiger charge is -2.36. The Labute approximate surface area is 173 Å². The van der Waals surface area contributed by atoms with E-state index in [4.69, 9.17) is 23.2 Å². The van der Waals surface area contributed by atoms with Crippen molar-refractivity contribution in [1.29, 1.82) is 0 Å². The Kier molecular flexibility index (Phi) is 6.44. The van der Waals surface area contributed by atoms with Gasteiger partial charge in [0.25, 0.3) is 5.91 Å². The summed E-state index contributed by atoms with van der Waals surface area (Å²) in [5.41, 5.74) is 0.753. The molecule has 10 heteroatoms. The molecule has 0 aromatic carbocycles. The average Bonchev–Trinajstić information content (AvgIpc) is 2.91. The molecular formula is C18H23Cl2N5O3. The van der Waals surface area contributed by atoms with Crippen molar-refractivity contribution in [2.24, 2.45) is 0 Å². The van der Waals surface area contributed by atoms with E-state index in [2.05, 4.69) is 15.2 Å². The maximum atomic E-state index is 12.2. The second-order valence-electron chi connectivity index (χ2n) is 6.82. The smallest absolute Gasteiger partial charge is 0.269 e. The zero-order chi connectivity index (χ0) is 20.4. The Morgan fingerprint density at radius 3 is 2.50 bits per heavy atom. The molecule has 2 aliphatic rings. The molecule has 3 heterocycles. The molecule has 8 nitrogen and oxygen atoms in total. The van der Waals surface area contributed by atoms with Gasteiger partial charge < -0.3 is 25.1 Å². The number of pyridine rings is 1. The van der Waals surface area contributed by atoms with Crippen molar-refractivity contribution in [2.45, 2.75) is 25.7 Å². The van der Waals surface area contributed by atoms with Gasteiger partial charge in [0, 0.05) is 32.4 Å². The number of aromatic nitrogens is 1. The summed E-state index contributed by atoms with van der Waals surface area (Å²) in [6, 6.07) is 3.53. The molecule has 0 saturated carbocycles. The first-order valence-corrected chi connectivity index (χ1v) is 9.79. The Balaban J connectivity index is 1.57. The van der Waals surface area contributed by atoms with Crippen molar-refractivity contribution < 1.29 is 14.7 Å². The molecule has 0 bridgehead atoms. The third-order valence-corrected chi connectivity index (χ3v) is 5.91. The summed E-state index contributed by atoms with van der Waals surface area (Å²) in [6.45, 7) is 4.70. The van der Waals surface area contributed by atoms with Crippen LogP contribution >= 0.6 is 23.2 Å². The van der Waals surface area contributed by atoms with Crippen molar-refractivity contribution in [3.8, 4) is 0 Å². The van der Waals surface area contributed by atoms with Crippen LogP contribution in [0.2, 0.25) is 0 Å². The Morgan fingerprint density at radius 1 is 1.32 bits per heavy atom. The van der Waals surface area contributed by atoms with Crippen LogP contribution in [0.25, 0.3) is 0 Å². The summed E-state index contributed by atoms with van der Waals surface area (Å²) in [4.78, 5) is 33.9. The van der Waals surface area contributed by atoms with E-state index in [0.29, 0.717) is 26.2 Å². The van der Waals surface area contributed by atoms with E-state index in [-0.39, 0.29) is 28.6 Å². The largest absolute Gasteiger partial charge is 0.368 e. The lowest BCUT2D eigenvalue weighted by molar-refractivity contribution is -0.133. The number of aliphatic hydroxyl groups is 1. The number of hydrogen-bond acceptors (Lipinski definition) is 6. The number of carbonyl (C=O) groups is 2. The number of halogens is 2. The number of aliphatic hydroxyl groups excluding tert-OH is 1. The molecule has 28 heavy (non-hydrogen) atoms. The SMILES string of the molecule is CN[C@@H](C)C(=O)N1CCN(c2ccc(CN3C(=O)C(Cl)=C(Cl)C3O)cn2)CC1. The third kappa shape index (κ3) is 4.10. The first-order valence-electron chi connectivity index (χ1n) is 9.03. The van der Waals surface area contributed by atoms with Gasteiger partial charge in [-0.2, -0.15) is 0 Å². The van der Waals surface area contributed by atoms with Gasteiger partial charge in [0.05, 0.1) is 17.6 Å². The highest BCUT2D eigenvalue weighted by Gasteiger charge is 2.36. The molecule has 1 saturated heterocycles. The minimum atomic E-state index is -1.23. The molecule has 0 aliphatic carbocycles. The van der Waals surface area contributed by atoms with Crippen LogP contribution in [0, 0.1) is 0 Å². The van der Waals surface area contributed by atoms with Gasteiger partial charge in [-0.05, 0) is 25.6 Å². The van der Waals surface area contributed by atoms with E-state index in [1.54, 1.807) is 13.2 Å². The van der Waals surface area contributed by atoms with Crippen LogP contribution in [0.3, 0.4) is 0 Å². The number of likely N-dealkylation sites (N-methyl/N-ethyl adjacent to an activating group) is 1. The van der Waals surface area contributed by atoms with E-state index in [1.807, 2.05) is 24.0 Å². The van der Waals surface area contributed by atoms with E-state index in [9.17, 15) is 14.7 Å². The first kappa shape index (κ1) is 20.9. The normalized spacial score (nSPS) is 21.5. The van der Waals surface area contributed by atoms with Gasteiger partial charge in [-0.1, -0.05) is 29.3 Å². The van der Waals surface area contributed by atoms with Crippen LogP contribution in [-0.2, 0) is 16.1 Å². The number of amides is 2. The fourth-order valence-corrected chi connectivity index (χ4v) is 3.60. The number of piperazine rings is 1. The fourth-order valence-electron chi connectivity index (χ4n) is 3.19. The highest BCUT2D eigenvalue weighted by atomic mass is 35.5. The van der Waals surface area contributed by atoms with Gasteiger partial charge >= 0.3 is 0 Å². The lowest BCUT2D eigenvalue weighted by Crippen LogP contribution is -2.53. The maximum absolute atomic E-state index is 12.2. The van der Waals surface area contributed by atoms with E-state index in [1.165, 1.54) is 4.90 Å². The van der Waals surface area contributed by atoms with Gasteiger partial charge in [-0.15, -0.1) is 0 Å². The number of carbonyl (C=O) groups excluding carboxylic acids is 2. The molecular weight excluding hydrogens is 405 g/mol. The van der Waals surface area contributed by atoms with Crippen molar-refractivity contribution in [2.75, 3.05) is 38.1 Å². The zero-order valence-electron chi connectivity index (χ0n) is 15.7.